The lowest BCUT2D eigenvalue weighted by Crippen LogP contribution is -2.47. The van der Waals surface area contributed by atoms with Crippen LogP contribution in [-0.4, -0.2) is 50.5 Å². The molecule has 1 fully saturated rings. The first-order valence-corrected chi connectivity index (χ1v) is 9.18. The summed E-state index contributed by atoms with van der Waals surface area (Å²) in [6, 6.07) is 12.5. The first-order valence-electron chi connectivity index (χ1n) is 9.18. The van der Waals surface area contributed by atoms with Gasteiger partial charge in [-0.15, -0.1) is 12.4 Å². The van der Waals surface area contributed by atoms with Crippen LogP contribution in [-0.2, 0) is 6.18 Å². The van der Waals surface area contributed by atoms with Gasteiger partial charge in [-0.05, 0) is 42.5 Å². The molecule has 0 aliphatic carbocycles. The number of Topliss-reactive ketones (excluding diaryl/α,β-unsaturated/α-hetero) is 1. The van der Waals surface area contributed by atoms with Gasteiger partial charge in [-0.25, -0.2) is 0 Å². The number of nitrogens with zero attached hydrogens (tertiary/aromatic N) is 2. The molecule has 0 bridgehead atoms. The Bertz CT molecular complexity index is 804. The van der Waals surface area contributed by atoms with Crippen molar-refractivity contribution in [3.63, 3.8) is 0 Å². The van der Waals surface area contributed by atoms with Crippen LogP contribution in [0.15, 0.2) is 48.5 Å². The molecule has 0 aromatic heterocycles. The number of hydrogen-bond acceptors (Lipinski definition) is 4. The highest BCUT2D eigenvalue weighted by atomic mass is 35.5. The standard InChI is InChI=1S/C21H23F3N2O2.ClH/c1-28-19-7-5-16(6-8-19)20(27)9-10-25-11-13-26(14-12-25)18-4-2-3-17(15-18)21(22,23)24;/h2-8,15H,9-14H2,1H3;1H. The SMILES string of the molecule is COc1ccc(C(=O)CCN2CCN(c3cccc(C(F)(F)F)c3)CC2)cc1.Cl. The molecule has 158 valence electrons. The molecule has 0 saturated carbocycles. The zero-order valence-electron chi connectivity index (χ0n) is 16.1. The van der Waals surface area contributed by atoms with Crippen LogP contribution in [0.25, 0.3) is 0 Å². The van der Waals surface area contributed by atoms with Gasteiger partial charge in [0, 0.05) is 50.4 Å². The summed E-state index contributed by atoms with van der Waals surface area (Å²) in [7, 11) is 1.58. The van der Waals surface area contributed by atoms with Gasteiger partial charge in [-0.1, -0.05) is 6.07 Å². The van der Waals surface area contributed by atoms with E-state index in [2.05, 4.69) is 4.90 Å². The molecule has 0 spiro atoms. The zero-order valence-corrected chi connectivity index (χ0v) is 16.9. The monoisotopic (exact) mass is 428 g/mol. The van der Waals surface area contributed by atoms with Crippen molar-refractivity contribution in [2.24, 2.45) is 0 Å². The van der Waals surface area contributed by atoms with Crippen molar-refractivity contribution in [1.82, 2.24) is 4.90 Å². The predicted octanol–water partition coefficient (Wildman–Crippen LogP) is 4.53. The van der Waals surface area contributed by atoms with Gasteiger partial charge in [0.25, 0.3) is 0 Å². The summed E-state index contributed by atoms with van der Waals surface area (Å²) in [5, 5.41) is 0. The third-order valence-corrected chi connectivity index (χ3v) is 4.98. The fraction of sp³-hybridized carbons (Fsp3) is 0.381. The quantitative estimate of drug-likeness (QED) is 0.633. The van der Waals surface area contributed by atoms with Crippen LogP contribution in [0.1, 0.15) is 22.3 Å². The maximum absolute atomic E-state index is 12.9. The van der Waals surface area contributed by atoms with Crippen molar-refractivity contribution >= 4 is 23.9 Å². The summed E-state index contributed by atoms with van der Waals surface area (Å²) in [5.74, 6) is 0.783. The maximum atomic E-state index is 12.9. The van der Waals surface area contributed by atoms with Crippen molar-refractivity contribution < 1.29 is 22.7 Å². The van der Waals surface area contributed by atoms with Crippen molar-refractivity contribution in [2.75, 3.05) is 44.7 Å². The first kappa shape index (κ1) is 23.0. The third-order valence-electron chi connectivity index (χ3n) is 4.98. The van der Waals surface area contributed by atoms with E-state index in [-0.39, 0.29) is 18.2 Å². The smallest absolute Gasteiger partial charge is 0.416 e. The van der Waals surface area contributed by atoms with Gasteiger partial charge in [-0.3, -0.25) is 9.69 Å². The molecule has 3 rings (SSSR count). The Morgan fingerprint density at radius 1 is 1.03 bits per heavy atom. The van der Waals surface area contributed by atoms with Gasteiger partial charge in [0.15, 0.2) is 5.78 Å². The van der Waals surface area contributed by atoms with Crippen molar-refractivity contribution in [2.45, 2.75) is 12.6 Å². The Balaban J connectivity index is 0.00000300. The number of anilines is 1. The van der Waals surface area contributed by atoms with E-state index in [1.165, 1.54) is 12.1 Å². The summed E-state index contributed by atoms with van der Waals surface area (Å²) < 4.78 is 43.8. The van der Waals surface area contributed by atoms with Crippen LogP contribution in [0.2, 0.25) is 0 Å². The van der Waals surface area contributed by atoms with E-state index >= 15 is 0 Å². The molecule has 8 heteroatoms. The van der Waals surface area contributed by atoms with Gasteiger partial charge < -0.3 is 9.64 Å². The number of benzene rings is 2. The van der Waals surface area contributed by atoms with Gasteiger partial charge in [0.05, 0.1) is 12.7 Å². The molecule has 0 amide bonds. The molecular formula is C21H24ClF3N2O2. The summed E-state index contributed by atoms with van der Waals surface area (Å²) >= 11 is 0. The number of rotatable bonds is 6. The Kier molecular flexibility index (Phi) is 7.93. The third kappa shape index (κ3) is 6.11. The van der Waals surface area contributed by atoms with Gasteiger partial charge in [-0.2, -0.15) is 13.2 Å². The number of methoxy groups -OCH3 is 1. The highest BCUT2D eigenvalue weighted by Gasteiger charge is 2.31. The molecule has 0 radical (unpaired) electrons. The Morgan fingerprint density at radius 2 is 1.69 bits per heavy atom. The van der Waals surface area contributed by atoms with Crippen LogP contribution in [0.4, 0.5) is 18.9 Å². The topological polar surface area (TPSA) is 32.8 Å². The largest absolute Gasteiger partial charge is 0.497 e. The van der Waals surface area contributed by atoms with Gasteiger partial charge in [0.2, 0.25) is 0 Å². The van der Waals surface area contributed by atoms with Crippen molar-refractivity contribution in [1.29, 1.82) is 0 Å². The molecule has 0 N–H and O–H groups in total. The molecule has 0 unspecified atom stereocenters. The number of carbonyl (C=O) groups excluding carboxylic acids is 1. The molecule has 1 aliphatic rings. The molecule has 2 aromatic rings. The lowest BCUT2D eigenvalue weighted by atomic mass is 10.1. The predicted molar refractivity (Wildman–Crippen MR) is 109 cm³/mol. The summed E-state index contributed by atoms with van der Waals surface area (Å²) in [6.07, 6.45) is -3.92. The second-order valence-corrected chi connectivity index (χ2v) is 6.78. The molecule has 4 nitrogen and oxygen atoms in total. The lowest BCUT2D eigenvalue weighted by molar-refractivity contribution is -0.137. The van der Waals surface area contributed by atoms with Crippen LogP contribution in [0, 0.1) is 0 Å². The van der Waals surface area contributed by atoms with E-state index in [4.69, 9.17) is 4.74 Å². The fourth-order valence-corrected chi connectivity index (χ4v) is 3.29. The number of hydrogen-bond donors (Lipinski definition) is 0. The first-order chi connectivity index (χ1) is 13.4. The van der Waals surface area contributed by atoms with Crippen molar-refractivity contribution in [3.05, 3.63) is 59.7 Å². The number of piperazine rings is 1. The second kappa shape index (κ2) is 9.98. The number of alkyl halides is 3. The number of ketones is 1. The minimum absolute atomic E-state index is 0. The van der Waals surface area contributed by atoms with Crippen LogP contribution in [0.3, 0.4) is 0 Å². The van der Waals surface area contributed by atoms with E-state index in [0.717, 1.165) is 6.07 Å². The summed E-state index contributed by atoms with van der Waals surface area (Å²) in [4.78, 5) is 16.4. The van der Waals surface area contributed by atoms with Crippen LogP contribution < -0.4 is 9.64 Å². The second-order valence-electron chi connectivity index (χ2n) is 6.78. The molecule has 0 atom stereocenters. The van der Waals surface area contributed by atoms with E-state index in [1.807, 2.05) is 4.90 Å². The molecule has 1 heterocycles. The molecule has 2 aromatic carbocycles. The minimum Gasteiger partial charge on any atom is -0.497 e. The van der Waals surface area contributed by atoms with Crippen LogP contribution in [0.5, 0.6) is 5.75 Å². The average Bonchev–Trinajstić information content (AvgIpc) is 2.72. The number of carbonyl (C=O) groups is 1. The maximum Gasteiger partial charge on any atom is 0.416 e. The van der Waals surface area contributed by atoms with Crippen LogP contribution >= 0.6 is 12.4 Å². The molecule has 29 heavy (non-hydrogen) atoms. The number of ether oxygens (including phenoxy) is 1. The normalized spacial score (nSPS) is 15.0. The average molecular weight is 429 g/mol. The number of halogens is 4. The van der Waals surface area contributed by atoms with Gasteiger partial charge >= 0.3 is 6.18 Å². The van der Waals surface area contributed by atoms with E-state index in [1.54, 1.807) is 37.4 Å². The fourth-order valence-electron chi connectivity index (χ4n) is 3.29. The summed E-state index contributed by atoms with van der Waals surface area (Å²) in [5.41, 5.74) is 0.615. The Morgan fingerprint density at radius 3 is 2.28 bits per heavy atom. The van der Waals surface area contributed by atoms with E-state index in [0.29, 0.717) is 56.1 Å². The zero-order chi connectivity index (χ0) is 20.1. The minimum atomic E-state index is -4.33. The van der Waals surface area contributed by atoms with E-state index in [9.17, 15) is 18.0 Å². The summed E-state index contributed by atoms with van der Waals surface area (Å²) in [6.45, 7) is 3.34. The lowest BCUT2D eigenvalue weighted by Gasteiger charge is -2.36. The highest BCUT2D eigenvalue weighted by Crippen LogP contribution is 2.31. The Labute approximate surface area is 174 Å². The highest BCUT2D eigenvalue weighted by molar-refractivity contribution is 5.96. The Hall–Kier alpha value is -2.25. The molecular weight excluding hydrogens is 405 g/mol. The van der Waals surface area contributed by atoms with E-state index < -0.39 is 11.7 Å². The van der Waals surface area contributed by atoms with Gasteiger partial charge in [0.1, 0.15) is 5.75 Å². The molecule has 1 saturated heterocycles. The van der Waals surface area contributed by atoms with Crippen molar-refractivity contribution in [3.8, 4) is 5.75 Å². The molecule has 1 aliphatic heterocycles.